The van der Waals surface area contributed by atoms with E-state index >= 15 is 0 Å². The number of hydrogen-bond donors (Lipinski definition) is 6. The molecule has 0 amide bonds. The molecule has 0 aliphatic heterocycles. The van der Waals surface area contributed by atoms with Gasteiger partial charge in [0.05, 0.1) is 12.7 Å². The van der Waals surface area contributed by atoms with Crippen LogP contribution in [0.4, 0.5) is 0 Å². The largest absolute Gasteiger partial charge is 0.527 e. The number of aliphatic hydroxyl groups is 4. The van der Waals surface area contributed by atoms with Crippen molar-refractivity contribution in [3.8, 4) is 0 Å². The predicted octanol–water partition coefficient (Wildman–Crippen LogP) is -2.91. The van der Waals surface area contributed by atoms with E-state index in [1.54, 1.807) is 0 Å². The highest BCUT2D eigenvalue weighted by Gasteiger charge is 2.29. The van der Waals surface area contributed by atoms with Gasteiger partial charge in [-0.1, -0.05) is 0 Å². The fraction of sp³-hybridized carbons (Fsp3) is 0.833. The van der Waals surface area contributed by atoms with E-state index < -0.39 is 45.1 Å². The lowest BCUT2D eigenvalue weighted by Crippen LogP contribution is -2.35. The van der Waals surface area contributed by atoms with Crippen molar-refractivity contribution in [1.82, 2.24) is 0 Å². The lowest BCUT2D eigenvalue weighted by atomic mass is 10.1. The first kappa shape index (κ1) is 15.5. The third-order valence-electron chi connectivity index (χ3n) is 1.58. The van der Waals surface area contributed by atoms with Crippen molar-refractivity contribution in [3.05, 3.63) is 0 Å². The molecule has 0 rings (SSSR count). The molecule has 0 heterocycles. The molecule has 0 aromatic carbocycles. The van der Waals surface area contributed by atoms with Crippen molar-refractivity contribution < 1.29 is 44.1 Å². The van der Waals surface area contributed by atoms with Crippen LogP contribution in [0.1, 0.15) is 6.42 Å². The molecule has 0 aliphatic rings. The molecule has 9 nitrogen and oxygen atoms in total. The van der Waals surface area contributed by atoms with Gasteiger partial charge in [-0.3, -0.25) is 9.79 Å². The van der Waals surface area contributed by atoms with E-state index in [4.69, 9.17) is 30.2 Å². The zero-order valence-corrected chi connectivity index (χ0v) is 8.90. The standard InChI is InChI=1S/C6H13O9P/c7-2-5(10)3(8)1-4(9)6(11)15-16(12,13)14/h3-5,7-10H,1-2H2,(H2,12,13,14)/t3-,4+,5+/m0/s1. The molecule has 0 aromatic heterocycles. The molecule has 96 valence electrons. The van der Waals surface area contributed by atoms with Crippen LogP contribution in [0, 0.1) is 0 Å². The highest BCUT2D eigenvalue weighted by Crippen LogP contribution is 2.36. The highest BCUT2D eigenvalue weighted by atomic mass is 31.2. The Balaban J connectivity index is 4.20. The molecule has 0 aliphatic carbocycles. The predicted molar refractivity (Wildman–Crippen MR) is 47.9 cm³/mol. The number of phosphoric acid groups is 1. The Kier molecular flexibility index (Phi) is 6.05. The van der Waals surface area contributed by atoms with E-state index in [-0.39, 0.29) is 0 Å². The van der Waals surface area contributed by atoms with E-state index in [1.165, 1.54) is 0 Å². The van der Waals surface area contributed by atoms with E-state index in [9.17, 15) is 9.36 Å². The lowest BCUT2D eigenvalue weighted by molar-refractivity contribution is -0.148. The Morgan fingerprint density at radius 2 is 1.69 bits per heavy atom. The summed E-state index contributed by atoms with van der Waals surface area (Å²) >= 11 is 0. The number of aliphatic hydroxyl groups excluding tert-OH is 4. The van der Waals surface area contributed by atoms with Gasteiger partial charge in [0.25, 0.3) is 0 Å². The summed E-state index contributed by atoms with van der Waals surface area (Å²) in [6.45, 7) is -0.790. The van der Waals surface area contributed by atoms with Gasteiger partial charge in [0.1, 0.15) is 6.10 Å². The van der Waals surface area contributed by atoms with E-state index in [0.29, 0.717) is 0 Å². The quantitative estimate of drug-likeness (QED) is 0.274. The maximum absolute atomic E-state index is 10.8. The number of phosphoric ester groups is 1. The van der Waals surface area contributed by atoms with Crippen molar-refractivity contribution in [3.63, 3.8) is 0 Å². The second-order valence-corrected chi connectivity index (χ2v) is 4.13. The second kappa shape index (κ2) is 6.26. The molecule has 0 radical (unpaired) electrons. The van der Waals surface area contributed by atoms with Crippen molar-refractivity contribution in [1.29, 1.82) is 0 Å². The Labute approximate surface area is 90.2 Å². The molecule has 10 heteroatoms. The molecule has 0 unspecified atom stereocenters. The van der Waals surface area contributed by atoms with Crippen LogP contribution >= 0.6 is 7.82 Å². The van der Waals surface area contributed by atoms with E-state index in [1.807, 2.05) is 0 Å². The van der Waals surface area contributed by atoms with Crippen LogP contribution in [0.5, 0.6) is 0 Å². The van der Waals surface area contributed by atoms with Crippen molar-refractivity contribution >= 4 is 13.8 Å². The summed E-state index contributed by atoms with van der Waals surface area (Å²) in [6, 6.07) is 0. The summed E-state index contributed by atoms with van der Waals surface area (Å²) in [5, 5.41) is 35.4. The average molecular weight is 260 g/mol. The van der Waals surface area contributed by atoms with E-state index in [2.05, 4.69) is 4.52 Å². The maximum Gasteiger partial charge on any atom is 0.527 e. The van der Waals surface area contributed by atoms with Gasteiger partial charge >= 0.3 is 13.8 Å². The minimum absolute atomic E-state index is 0.722. The van der Waals surface area contributed by atoms with Gasteiger partial charge in [-0.2, -0.15) is 0 Å². The lowest BCUT2D eigenvalue weighted by Gasteiger charge is -2.18. The zero-order chi connectivity index (χ0) is 12.9. The van der Waals surface area contributed by atoms with Crippen molar-refractivity contribution in [2.75, 3.05) is 6.61 Å². The van der Waals surface area contributed by atoms with Crippen LogP contribution in [-0.2, 0) is 13.9 Å². The minimum atomic E-state index is -5.05. The van der Waals surface area contributed by atoms with Crippen LogP contribution in [0.2, 0.25) is 0 Å². The second-order valence-electron chi connectivity index (χ2n) is 2.97. The maximum atomic E-state index is 10.8. The molecule has 0 spiro atoms. The summed E-state index contributed by atoms with van der Waals surface area (Å²) < 4.78 is 13.7. The molecule has 0 saturated heterocycles. The van der Waals surface area contributed by atoms with E-state index in [0.717, 1.165) is 0 Å². The highest BCUT2D eigenvalue weighted by molar-refractivity contribution is 7.46. The van der Waals surface area contributed by atoms with Crippen LogP contribution in [0.3, 0.4) is 0 Å². The van der Waals surface area contributed by atoms with Crippen molar-refractivity contribution in [2.24, 2.45) is 0 Å². The summed E-state index contributed by atoms with van der Waals surface area (Å²) in [5.74, 6) is -1.63. The van der Waals surface area contributed by atoms with Gasteiger partial charge in [-0.25, -0.2) is 9.36 Å². The van der Waals surface area contributed by atoms with Crippen LogP contribution in [-0.4, -0.2) is 61.1 Å². The molecular formula is C6H13O9P. The number of rotatable bonds is 6. The normalized spacial score (nSPS) is 17.6. The molecule has 0 saturated carbocycles. The number of carbonyl (C=O) groups is 1. The summed E-state index contributed by atoms with van der Waals surface area (Å²) in [6.07, 6.45) is -5.92. The number of carbonyl (C=O) groups excluding carboxylic acids is 1. The summed E-state index contributed by atoms with van der Waals surface area (Å²) in [7, 11) is -5.05. The van der Waals surface area contributed by atoms with Crippen LogP contribution < -0.4 is 0 Å². The molecule has 0 bridgehead atoms. The fourth-order valence-corrected chi connectivity index (χ4v) is 1.14. The Bertz CT molecular complexity index is 273. The minimum Gasteiger partial charge on any atom is -0.394 e. The third-order valence-corrected chi connectivity index (χ3v) is 1.99. The third kappa shape index (κ3) is 6.13. The first-order valence-electron chi connectivity index (χ1n) is 4.11. The summed E-state index contributed by atoms with van der Waals surface area (Å²) in [5.41, 5.74) is 0. The molecule has 0 aromatic rings. The Hall–Kier alpha value is -0.540. The first-order chi connectivity index (χ1) is 7.17. The van der Waals surface area contributed by atoms with Crippen LogP contribution in [0.25, 0.3) is 0 Å². The first-order valence-corrected chi connectivity index (χ1v) is 5.64. The van der Waals surface area contributed by atoms with Gasteiger partial charge < -0.3 is 24.9 Å². The molecule has 0 fully saturated rings. The Morgan fingerprint density at radius 3 is 2.06 bits per heavy atom. The van der Waals surface area contributed by atoms with Gasteiger partial charge in [-0.15, -0.1) is 0 Å². The number of hydrogen-bond acceptors (Lipinski definition) is 7. The fourth-order valence-electron chi connectivity index (χ4n) is 0.782. The van der Waals surface area contributed by atoms with Gasteiger partial charge in [-0.05, 0) is 0 Å². The molecule has 3 atom stereocenters. The van der Waals surface area contributed by atoms with Crippen LogP contribution in [0.15, 0.2) is 0 Å². The average Bonchev–Trinajstić information content (AvgIpc) is 2.13. The topological polar surface area (TPSA) is 165 Å². The Morgan fingerprint density at radius 1 is 1.19 bits per heavy atom. The monoisotopic (exact) mass is 260 g/mol. The summed E-state index contributed by atoms with van der Waals surface area (Å²) in [4.78, 5) is 27.2. The molecular weight excluding hydrogens is 247 g/mol. The van der Waals surface area contributed by atoms with Gasteiger partial charge in [0, 0.05) is 6.42 Å². The van der Waals surface area contributed by atoms with Gasteiger partial charge in [0.15, 0.2) is 6.10 Å². The SMILES string of the molecule is O=C(OP(=O)(O)O)[C@H](O)C[C@H](O)[C@H](O)CO. The molecule has 6 N–H and O–H groups in total. The smallest absolute Gasteiger partial charge is 0.394 e. The van der Waals surface area contributed by atoms with Crippen molar-refractivity contribution in [2.45, 2.75) is 24.7 Å². The molecule has 16 heavy (non-hydrogen) atoms. The zero-order valence-electron chi connectivity index (χ0n) is 8.00. The van der Waals surface area contributed by atoms with Gasteiger partial charge in [0.2, 0.25) is 0 Å².